The maximum Gasteiger partial charge on any atom is 0.254 e. The van der Waals surface area contributed by atoms with Gasteiger partial charge in [0.15, 0.2) is 11.5 Å². The number of carbonyl (C=O) groups excluding carboxylic acids is 2. The minimum atomic E-state index is 0.0272. The number of hydrogen-bond donors (Lipinski definition) is 0. The van der Waals surface area contributed by atoms with Crippen molar-refractivity contribution in [3.8, 4) is 11.5 Å². The molecule has 31 heavy (non-hydrogen) atoms. The van der Waals surface area contributed by atoms with Gasteiger partial charge in [0, 0.05) is 57.4 Å². The molecule has 1 saturated heterocycles. The Morgan fingerprint density at radius 1 is 0.935 bits per heavy atom. The fraction of sp³-hybridized carbons (Fsp3) is 0.417. The van der Waals surface area contributed by atoms with Crippen molar-refractivity contribution in [3.05, 3.63) is 53.6 Å². The summed E-state index contributed by atoms with van der Waals surface area (Å²) in [5.74, 6) is 2.03. The van der Waals surface area contributed by atoms with Gasteiger partial charge in [-0.15, -0.1) is 0 Å². The van der Waals surface area contributed by atoms with Gasteiger partial charge in [-0.3, -0.25) is 9.59 Å². The van der Waals surface area contributed by atoms with E-state index < -0.39 is 0 Å². The Morgan fingerprint density at radius 3 is 2.45 bits per heavy atom. The van der Waals surface area contributed by atoms with Gasteiger partial charge in [0.05, 0.1) is 0 Å². The predicted molar refractivity (Wildman–Crippen MR) is 117 cm³/mol. The molecule has 5 rings (SSSR count). The maximum atomic E-state index is 13.0. The van der Waals surface area contributed by atoms with Crippen LogP contribution in [0.4, 0.5) is 5.69 Å². The summed E-state index contributed by atoms with van der Waals surface area (Å²) in [6.45, 7) is 2.56. The van der Waals surface area contributed by atoms with Crippen molar-refractivity contribution in [2.24, 2.45) is 5.92 Å². The van der Waals surface area contributed by atoms with Gasteiger partial charge in [0.1, 0.15) is 0 Å². The molecule has 1 aliphatic carbocycles. The number of amides is 2. The lowest BCUT2D eigenvalue weighted by molar-refractivity contribution is -0.134. The van der Waals surface area contributed by atoms with Crippen LogP contribution in [0.1, 0.15) is 28.3 Å². The van der Waals surface area contributed by atoms with E-state index in [2.05, 4.69) is 0 Å². The third-order valence-corrected chi connectivity index (χ3v) is 6.42. The quantitative estimate of drug-likeness (QED) is 0.759. The van der Waals surface area contributed by atoms with Gasteiger partial charge in [0.25, 0.3) is 5.91 Å². The van der Waals surface area contributed by atoms with Gasteiger partial charge >= 0.3 is 0 Å². The van der Waals surface area contributed by atoms with Crippen LogP contribution in [0.3, 0.4) is 0 Å². The average molecular weight is 421 g/mol. The van der Waals surface area contributed by atoms with Crippen LogP contribution in [0.5, 0.6) is 11.5 Å². The number of carbonyl (C=O) groups is 2. The third kappa shape index (κ3) is 3.80. The Bertz CT molecular complexity index is 1010. The monoisotopic (exact) mass is 421 g/mol. The smallest absolute Gasteiger partial charge is 0.254 e. The predicted octanol–water partition coefficient (Wildman–Crippen LogP) is 2.57. The molecule has 0 bridgehead atoms. The van der Waals surface area contributed by atoms with Gasteiger partial charge in [-0.1, -0.05) is 12.1 Å². The summed E-state index contributed by atoms with van der Waals surface area (Å²) in [6.07, 6.45) is 0.870. The second-order valence-electron chi connectivity index (χ2n) is 8.62. The second-order valence-corrected chi connectivity index (χ2v) is 8.62. The van der Waals surface area contributed by atoms with E-state index in [4.69, 9.17) is 9.47 Å². The van der Waals surface area contributed by atoms with Crippen molar-refractivity contribution in [3.63, 3.8) is 0 Å². The lowest BCUT2D eigenvalue weighted by atomic mass is 10.1. The Balaban J connectivity index is 1.17. The second kappa shape index (κ2) is 7.80. The van der Waals surface area contributed by atoms with Crippen LogP contribution in [-0.2, 0) is 4.79 Å². The van der Waals surface area contributed by atoms with Crippen molar-refractivity contribution in [2.75, 3.05) is 52.0 Å². The summed E-state index contributed by atoms with van der Waals surface area (Å²) in [5, 5.41) is 0. The van der Waals surface area contributed by atoms with E-state index in [1.165, 1.54) is 0 Å². The Kier molecular flexibility index (Phi) is 4.96. The van der Waals surface area contributed by atoms with Crippen molar-refractivity contribution in [2.45, 2.75) is 12.3 Å². The number of nitrogens with zero attached hydrogens (tertiary/aromatic N) is 3. The number of rotatable bonds is 4. The average Bonchev–Trinajstić information content (AvgIpc) is 3.47. The first-order chi connectivity index (χ1) is 15.0. The lowest BCUT2D eigenvalue weighted by Gasteiger charge is -2.35. The highest BCUT2D eigenvalue weighted by atomic mass is 16.7. The highest BCUT2D eigenvalue weighted by molar-refractivity contribution is 5.95. The fourth-order valence-electron chi connectivity index (χ4n) is 4.44. The Hall–Kier alpha value is -3.22. The van der Waals surface area contributed by atoms with Crippen molar-refractivity contribution in [1.29, 1.82) is 0 Å². The molecule has 0 spiro atoms. The molecule has 0 radical (unpaired) electrons. The minimum Gasteiger partial charge on any atom is -0.454 e. The van der Waals surface area contributed by atoms with E-state index in [0.29, 0.717) is 31.7 Å². The molecule has 162 valence electrons. The van der Waals surface area contributed by atoms with Crippen LogP contribution < -0.4 is 14.4 Å². The SMILES string of the molecule is CN(C)c1cccc(C(=O)N2CCN(C(=O)[C@H]3C[C@@H]3c3ccc4c(c3)OCO4)CC2)c1. The van der Waals surface area contributed by atoms with Crippen LogP contribution in [0.15, 0.2) is 42.5 Å². The lowest BCUT2D eigenvalue weighted by Crippen LogP contribution is -2.51. The van der Waals surface area contributed by atoms with E-state index in [-0.39, 0.29) is 30.4 Å². The largest absolute Gasteiger partial charge is 0.454 e. The zero-order valence-electron chi connectivity index (χ0n) is 17.9. The molecule has 2 aliphatic heterocycles. The summed E-state index contributed by atoms with van der Waals surface area (Å²) in [4.78, 5) is 31.7. The topological polar surface area (TPSA) is 62.3 Å². The molecule has 2 amide bonds. The van der Waals surface area contributed by atoms with Gasteiger partial charge in [-0.25, -0.2) is 0 Å². The van der Waals surface area contributed by atoms with Crippen molar-refractivity contribution in [1.82, 2.24) is 9.80 Å². The molecule has 0 aromatic heterocycles. The van der Waals surface area contributed by atoms with E-state index in [1.54, 1.807) is 0 Å². The van der Waals surface area contributed by atoms with E-state index in [1.807, 2.05) is 71.3 Å². The van der Waals surface area contributed by atoms with E-state index >= 15 is 0 Å². The molecule has 2 heterocycles. The zero-order chi connectivity index (χ0) is 21.5. The fourth-order valence-corrected chi connectivity index (χ4v) is 4.44. The number of anilines is 1. The third-order valence-electron chi connectivity index (χ3n) is 6.42. The van der Waals surface area contributed by atoms with Gasteiger partial charge in [-0.2, -0.15) is 0 Å². The molecular formula is C24H27N3O4. The molecule has 2 aromatic rings. The van der Waals surface area contributed by atoms with Crippen LogP contribution >= 0.6 is 0 Å². The summed E-state index contributed by atoms with van der Waals surface area (Å²) in [5.41, 5.74) is 2.83. The van der Waals surface area contributed by atoms with Gasteiger partial charge in [0.2, 0.25) is 12.7 Å². The zero-order valence-corrected chi connectivity index (χ0v) is 17.9. The van der Waals surface area contributed by atoms with Crippen LogP contribution in [0.2, 0.25) is 0 Å². The molecule has 0 N–H and O–H groups in total. The van der Waals surface area contributed by atoms with Crippen molar-refractivity contribution >= 4 is 17.5 Å². The van der Waals surface area contributed by atoms with E-state index in [0.717, 1.165) is 29.2 Å². The molecule has 7 nitrogen and oxygen atoms in total. The summed E-state index contributed by atoms with van der Waals surface area (Å²) in [6, 6.07) is 13.6. The van der Waals surface area contributed by atoms with Crippen molar-refractivity contribution < 1.29 is 19.1 Å². The standard InChI is InChI=1S/C24H27N3O4/c1-25(2)18-5-3-4-17(12-18)23(28)26-8-10-27(11-9-26)24(29)20-14-19(20)16-6-7-21-22(13-16)31-15-30-21/h3-7,12-13,19-20H,8-11,14-15H2,1-2H3/t19-,20+/m1/s1. The van der Waals surface area contributed by atoms with Gasteiger partial charge < -0.3 is 24.2 Å². The molecule has 1 saturated carbocycles. The van der Waals surface area contributed by atoms with Crippen LogP contribution in [0.25, 0.3) is 0 Å². The maximum absolute atomic E-state index is 13.0. The highest BCUT2D eigenvalue weighted by Crippen LogP contribution is 2.50. The first-order valence-electron chi connectivity index (χ1n) is 10.8. The Morgan fingerprint density at radius 2 is 1.68 bits per heavy atom. The first-order valence-corrected chi connectivity index (χ1v) is 10.8. The molecule has 2 atom stereocenters. The first kappa shape index (κ1) is 19.7. The molecule has 7 heteroatoms. The van der Waals surface area contributed by atoms with Crippen LogP contribution in [-0.4, -0.2) is 68.7 Å². The normalized spacial score (nSPS) is 21.7. The summed E-state index contributed by atoms with van der Waals surface area (Å²) in [7, 11) is 3.92. The molecule has 2 fully saturated rings. The van der Waals surface area contributed by atoms with Gasteiger partial charge in [-0.05, 0) is 48.2 Å². The molecule has 2 aromatic carbocycles. The minimum absolute atomic E-state index is 0.0272. The Labute approximate surface area is 182 Å². The molecular weight excluding hydrogens is 394 g/mol. The van der Waals surface area contributed by atoms with E-state index in [9.17, 15) is 9.59 Å². The number of benzene rings is 2. The number of ether oxygens (including phenoxy) is 2. The van der Waals surface area contributed by atoms with Crippen LogP contribution in [0, 0.1) is 5.92 Å². The number of hydrogen-bond acceptors (Lipinski definition) is 5. The number of fused-ring (bicyclic) bond motifs is 1. The molecule has 3 aliphatic rings. The highest BCUT2D eigenvalue weighted by Gasteiger charge is 2.46. The summed E-state index contributed by atoms with van der Waals surface area (Å²) < 4.78 is 10.8. The molecule has 0 unspecified atom stereocenters. The summed E-state index contributed by atoms with van der Waals surface area (Å²) >= 11 is 0. The number of piperazine rings is 1.